The molecule has 9 heteroatoms. The van der Waals surface area contributed by atoms with Gasteiger partial charge >= 0.3 is 0 Å². The van der Waals surface area contributed by atoms with Crippen molar-refractivity contribution in [1.82, 2.24) is 5.32 Å². The van der Waals surface area contributed by atoms with E-state index in [0.717, 1.165) is 11.1 Å². The Morgan fingerprint density at radius 1 is 1.19 bits per heavy atom. The summed E-state index contributed by atoms with van der Waals surface area (Å²) in [7, 11) is -3.71. The van der Waals surface area contributed by atoms with Crippen LogP contribution in [0.25, 0.3) is 0 Å². The molecule has 0 fully saturated rings. The lowest BCUT2D eigenvalue weighted by atomic mass is 10.1. The van der Waals surface area contributed by atoms with Gasteiger partial charge in [0.2, 0.25) is 11.8 Å². The third-order valence-electron chi connectivity index (χ3n) is 5.21. The molecule has 1 N–H and O–H groups in total. The minimum Gasteiger partial charge on any atom is -0.356 e. The van der Waals surface area contributed by atoms with Crippen molar-refractivity contribution in [3.63, 3.8) is 0 Å². The molecule has 166 valence electrons. The fraction of sp³-hybridized carbons (Fsp3) is 0.364. The summed E-state index contributed by atoms with van der Waals surface area (Å²) in [5, 5.41) is 3.41. The number of carbonyl (C=O) groups excluding carboxylic acids is 2. The maximum absolute atomic E-state index is 12.9. The second-order valence-corrected chi connectivity index (χ2v) is 10.7. The summed E-state index contributed by atoms with van der Waals surface area (Å²) in [5.74, 6) is -0.666. The average molecular weight is 528 g/mol. The zero-order valence-corrected chi connectivity index (χ0v) is 20.3. The molecule has 1 heterocycles. The molecule has 2 amide bonds. The Labute approximate surface area is 196 Å². The van der Waals surface area contributed by atoms with Gasteiger partial charge in [-0.3, -0.25) is 9.59 Å². The number of fused-ring (bicyclic) bond motifs is 1. The van der Waals surface area contributed by atoms with Crippen LogP contribution in [0.3, 0.4) is 0 Å². The molecule has 0 saturated heterocycles. The number of amides is 2. The zero-order valence-electron chi connectivity index (χ0n) is 17.2. The monoisotopic (exact) mass is 526 g/mol. The highest BCUT2D eigenvalue weighted by molar-refractivity contribution is 9.10. The van der Waals surface area contributed by atoms with E-state index in [4.69, 9.17) is 11.6 Å². The first kappa shape index (κ1) is 23.8. The Hall–Kier alpha value is -1.90. The second-order valence-electron chi connectivity index (χ2n) is 7.36. The molecule has 0 bridgehead atoms. The molecule has 1 aliphatic heterocycles. The van der Waals surface area contributed by atoms with E-state index in [1.54, 1.807) is 36.1 Å². The predicted molar refractivity (Wildman–Crippen MR) is 125 cm³/mol. The fourth-order valence-corrected chi connectivity index (χ4v) is 6.08. The van der Waals surface area contributed by atoms with Gasteiger partial charge in [-0.05, 0) is 64.2 Å². The molecule has 31 heavy (non-hydrogen) atoms. The number of carbonyl (C=O) groups is 2. The largest absolute Gasteiger partial charge is 0.356 e. The molecule has 0 unspecified atom stereocenters. The zero-order chi connectivity index (χ0) is 22.6. The highest BCUT2D eigenvalue weighted by Crippen LogP contribution is 2.36. The Kier molecular flexibility index (Phi) is 7.78. The highest BCUT2D eigenvalue weighted by atomic mass is 79.9. The Bertz CT molecular complexity index is 1090. The standard InChI is InChI=1S/C22H24BrClN2O4S/c1-2-22(28)26-11-8-16-13-18(23)20(14-19(16)26)31(29,30)12-9-21(27)25-10-7-15-3-5-17(24)6-4-15/h3-6,13-14H,2,7-12H2,1H3,(H,25,27). The molecule has 6 nitrogen and oxygen atoms in total. The van der Waals surface area contributed by atoms with E-state index in [0.29, 0.717) is 47.5 Å². The van der Waals surface area contributed by atoms with E-state index < -0.39 is 9.84 Å². The van der Waals surface area contributed by atoms with Crippen molar-refractivity contribution in [2.75, 3.05) is 23.7 Å². The Morgan fingerprint density at radius 2 is 1.90 bits per heavy atom. The SMILES string of the molecule is CCC(=O)N1CCc2cc(Br)c(S(=O)(=O)CCC(=O)NCCc3ccc(Cl)cc3)cc21. The van der Waals surface area contributed by atoms with Gasteiger partial charge in [0, 0.05) is 41.1 Å². The van der Waals surface area contributed by atoms with Crippen LogP contribution >= 0.6 is 27.5 Å². The van der Waals surface area contributed by atoms with Crippen LogP contribution in [0.2, 0.25) is 5.02 Å². The van der Waals surface area contributed by atoms with E-state index in [2.05, 4.69) is 21.2 Å². The Morgan fingerprint density at radius 3 is 2.58 bits per heavy atom. The third-order valence-corrected chi connectivity index (χ3v) is 8.13. The summed E-state index contributed by atoms with van der Waals surface area (Å²) in [6, 6.07) is 10.7. The molecule has 0 spiro atoms. The molecule has 0 atom stereocenters. The average Bonchev–Trinajstić information content (AvgIpc) is 3.15. The van der Waals surface area contributed by atoms with Crippen LogP contribution in [0, 0.1) is 0 Å². The van der Waals surface area contributed by atoms with Gasteiger partial charge in [0.1, 0.15) is 0 Å². The molecule has 0 saturated carbocycles. The number of hydrogen-bond acceptors (Lipinski definition) is 4. The number of halogens is 2. The van der Waals surface area contributed by atoms with E-state index >= 15 is 0 Å². The van der Waals surface area contributed by atoms with Gasteiger partial charge in [-0.15, -0.1) is 0 Å². The summed E-state index contributed by atoms with van der Waals surface area (Å²) in [4.78, 5) is 26.1. The van der Waals surface area contributed by atoms with Crippen molar-refractivity contribution in [3.8, 4) is 0 Å². The maximum Gasteiger partial charge on any atom is 0.226 e. The number of anilines is 1. The second kappa shape index (κ2) is 10.1. The number of hydrogen-bond donors (Lipinski definition) is 1. The summed E-state index contributed by atoms with van der Waals surface area (Å²) < 4.78 is 26.3. The van der Waals surface area contributed by atoms with Crippen molar-refractivity contribution in [3.05, 3.63) is 57.0 Å². The number of benzene rings is 2. The first-order valence-corrected chi connectivity index (χ1v) is 12.9. The van der Waals surface area contributed by atoms with Crippen LogP contribution in [-0.2, 0) is 32.3 Å². The molecule has 0 aromatic heterocycles. The molecule has 0 aliphatic carbocycles. The minimum atomic E-state index is -3.71. The molecule has 2 aromatic carbocycles. The molecular formula is C22H24BrClN2O4S. The number of rotatable bonds is 8. The lowest BCUT2D eigenvalue weighted by Gasteiger charge is -2.18. The van der Waals surface area contributed by atoms with Gasteiger partial charge in [-0.1, -0.05) is 30.7 Å². The highest BCUT2D eigenvalue weighted by Gasteiger charge is 2.28. The summed E-state index contributed by atoms with van der Waals surface area (Å²) >= 11 is 9.20. The maximum atomic E-state index is 12.9. The van der Waals surface area contributed by atoms with Crippen molar-refractivity contribution in [1.29, 1.82) is 0 Å². The number of nitrogens with one attached hydrogen (secondary N) is 1. The summed E-state index contributed by atoms with van der Waals surface area (Å²) in [6.07, 6.45) is 1.54. The van der Waals surface area contributed by atoms with Crippen molar-refractivity contribution in [2.45, 2.75) is 37.5 Å². The Balaban J connectivity index is 1.61. The van der Waals surface area contributed by atoms with Gasteiger partial charge in [0.25, 0.3) is 0 Å². The van der Waals surface area contributed by atoms with Crippen LogP contribution in [0.5, 0.6) is 0 Å². The van der Waals surface area contributed by atoms with Gasteiger partial charge in [-0.2, -0.15) is 0 Å². The van der Waals surface area contributed by atoms with Crippen LogP contribution in [-0.4, -0.2) is 39.1 Å². The first-order valence-electron chi connectivity index (χ1n) is 10.1. The van der Waals surface area contributed by atoms with Gasteiger partial charge in [0.05, 0.1) is 10.6 Å². The van der Waals surface area contributed by atoms with Crippen LogP contribution in [0.1, 0.15) is 30.9 Å². The van der Waals surface area contributed by atoms with E-state index in [9.17, 15) is 18.0 Å². The van der Waals surface area contributed by atoms with Gasteiger partial charge in [-0.25, -0.2) is 8.42 Å². The molecular weight excluding hydrogens is 504 g/mol. The van der Waals surface area contributed by atoms with Crippen molar-refractivity contribution in [2.24, 2.45) is 0 Å². The minimum absolute atomic E-state index is 0.0375. The topological polar surface area (TPSA) is 83.6 Å². The lowest BCUT2D eigenvalue weighted by Crippen LogP contribution is -2.28. The molecule has 2 aromatic rings. The fourth-order valence-electron chi connectivity index (χ4n) is 3.50. The van der Waals surface area contributed by atoms with E-state index in [1.807, 2.05) is 12.1 Å². The number of sulfone groups is 1. The summed E-state index contributed by atoms with van der Waals surface area (Å²) in [6.45, 7) is 2.74. The van der Waals surface area contributed by atoms with Gasteiger partial charge in [0.15, 0.2) is 9.84 Å². The number of nitrogens with zero attached hydrogens (tertiary/aromatic N) is 1. The van der Waals surface area contributed by atoms with Crippen LogP contribution in [0.4, 0.5) is 5.69 Å². The predicted octanol–water partition coefficient (Wildman–Crippen LogP) is 3.92. The van der Waals surface area contributed by atoms with Crippen molar-refractivity contribution < 1.29 is 18.0 Å². The normalized spacial score (nSPS) is 13.2. The van der Waals surface area contributed by atoms with Gasteiger partial charge < -0.3 is 10.2 Å². The molecule has 3 rings (SSSR count). The van der Waals surface area contributed by atoms with Crippen LogP contribution in [0.15, 0.2) is 45.8 Å². The van der Waals surface area contributed by atoms with Crippen molar-refractivity contribution >= 4 is 54.9 Å². The molecule has 1 aliphatic rings. The molecule has 0 radical (unpaired) electrons. The van der Waals surface area contributed by atoms with Crippen LogP contribution < -0.4 is 10.2 Å². The quantitative estimate of drug-likeness (QED) is 0.564. The third kappa shape index (κ3) is 5.87. The van der Waals surface area contributed by atoms with E-state index in [-0.39, 0.29) is 28.9 Å². The van der Waals surface area contributed by atoms with E-state index in [1.165, 1.54) is 0 Å². The first-order chi connectivity index (χ1) is 14.7. The summed E-state index contributed by atoms with van der Waals surface area (Å²) in [5.41, 5.74) is 2.61. The lowest BCUT2D eigenvalue weighted by molar-refractivity contribution is -0.120. The smallest absolute Gasteiger partial charge is 0.226 e.